The molecule has 0 saturated heterocycles. The summed E-state index contributed by atoms with van der Waals surface area (Å²) in [6, 6.07) is 5.21. The minimum absolute atomic E-state index is 0.597. The van der Waals surface area contributed by atoms with E-state index in [1.54, 1.807) is 18.2 Å². The van der Waals surface area contributed by atoms with Crippen LogP contribution in [0.1, 0.15) is 0 Å². The van der Waals surface area contributed by atoms with Crippen molar-refractivity contribution in [1.29, 1.82) is 0 Å². The Kier molecular flexibility index (Phi) is 1.43. The van der Waals surface area contributed by atoms with Crippen LogP contribution in [0.3, 0.4) is 0 Å². The van der Waals surface area contributed by atoms with Crippen LogP contribution in [0.25, 0.3) is 0 Å². The van der Waals surface area contributed by atoms with Gasteiger partial charge in [-0.25, -0.2) is 4.99 Å². The molecule has 0 fully saturated rings. The van der Waals surface area contributed by atoms with Gasteiger partial charge in [0.05, 0.1) is 0 Å². The lowest BCUT2D eigenvalue weighted by atomic mass is 10.3. The number of hydroxylamine groups is 1. The standard InChI is InChI=1S/C7H4ClN2O/c8-5-1-2-6-7(3-5)11-10-4-9-6/h1-4H. The van der Waals surface area contributed by atoms with Crippen molar-refractivity contribution in [2.75, 3.05) is 0 Å². The summed E-state index contributed by atoms with van der Waals surface area (Å²) in [4.78, 5) is 8.85. The molecule has 4 heteroatoms. The SMILES string of the molecule is Clc1ccc2c(c1)O[N]C=N2. The molecule has 1 aromatic carbocycles. The quantitative estimate of drug-likeness (QED) is 0.582. The number of rotatable bonds is 0. The van der Waals surface area contributed by atoms with Gasteiger partial charge >= 0.3 is 0 Å². The second-order valence-electron chi connectivity index (χ2n) is 2.05. The molecule has 0 unspecified atom stereocenters. The van der Waals surface area contributed by atoms with Crippen molar-refractivity contribution in [1.82, 2.24) is 5.48 Å². The van der Waals surface area contributed by atoms with E-state index in [0.717, 1.165) is 5.69 Å². The fourth-order valence-corrected chi connectivity index (χ4v) is 0.996. The maximum Gasteiger partial charge on any atom is 0.185 e. The lowest BCUT2D eigenvalue weighted by molar-refractivity contribution is 0.254. The van der Waals surface area contributed by atoms with E-state index >= 15 is 0 Å². The average Bonchev–Trinajstić information content (AvgIpc) is 2.04. The Bertz CT molecular complexity index is 311. The van der Waals surface area contributed by atoms with Crippen LogP contribution in [0.2, 0.25) is 5.02 Å². The van der Waals surface area contributed by atoms with Crippen molar-refractivity contribution in [3.63, 3.8) is 0 Å². The number of hydrogen-bond acceptors (Lipinski definition) is 2. The number of halogens is 1. The second-order valence-corrected chi connectivity index (χ2v) is 2.49. The summed E-state index contributed by atoms with van der Waals surface area (Å²) >= 11 is 5.70. The first-order valence-corrected chi connectivity index (χ1v) is 3.43. The first kappa shape index (κ1) is 6.49. The zero-order chi connectivity index (χ0) is 7.68. The highest BCUT2D eigenvalue weighted by molar-refractivity contribution is 6.30. The lowest BCUT2D eigenvalue weighted by Crippen LogP contribution is -2.10. The van der Waals surface area contributed by atoms with Crippen molar-refractivity contribution in [2.24, 2.45) is 4.99 Å². The van der Waals surface area contributed by atoms with Gasteiger partial charge in [-0.2, -0.15) is 0 Å². The number of fused-ring (bicyclic) bond motifs is 1. The number of hydrogen-bond donors (Lipinski definition) is 0. The Labute approximate surface area is 68.6 Å². The summed E-state index contributed by atoms with van der Waals surface area (Å²) in [6.45, 7) is 0. The third-order valence-electron chi connectivity index (χ3n) is 1.32. The van der Waals surface area contributed by atoms with Crippen LogP contribution in [0.15, 0.2) is 23.2 Å². The van der Waals surface area contributed by atoms with Crippen molar-refractivity contribution in [3.05, 3.63) is 23.2 Å². The third-order valence-corrected chi connectivity index (χ3v) is 1.55. The summed E-state index contributed by atoms with van der Waals surface area (Å²) in [5, 5.41) is 0.621. The molecule has 55 valence electrons. The zero-order valence-electron chi connectivity index (χ0n) is 5.49. The van der Waals surface area contributed by atoms with Crippen molar-refractivity contribution in [2.45, 2.75) is 0 Å². The highest BCUT2D eigenvalue weighted by atomic mass is 35.5. The predicted octanol–water partition coefficient (Wildman–Crippen LogP) is 1.91. The van der Waals surface area contributed by atoms with Crippen LogP contribution in [0.5, 0.6) is 5.75 Å². The topological polar surface area (TPSA) is 35.7 Å². The van der Waals surface area contributed by atoms with Gasteiger partial charge in [0.15, 0.2) is 12.1 Å². The molecular weight excluding hydrogens is 164 g/mol. The molecule has 0 spiro atoms. The van der Waals surface area contributed by atoms with Crippen LogP contribution in [-0.2, 0) is 0 Å². The number of aliphatic imine (C=N–C) groups is 1. The summed E-state index contributed by atoms with van der Waals surface area (Å²) in [7, 11) is 0. The summed E-state index contributed by atoms with van der Waals surface area (Å²) < 4.78 is 0. The minimum Gasteiger partial charge on any atom is -0.353 e. The largest absolute Gasteiger partial charge is 0.353 e. The van der Waals surface area contributed by atoms with Crippen molar-refractivity contribution in [3.8, 4) is 5.75 Å². The van der Waals surface area contributed by atoms with E-state index in [1.807, 2.05) is 0 Å². The fraction of sp³-hybridized carbons (Fsp3) is 0. The Morgan fingerprint density at radius 1 is 1.36 bits per heavy atom. The van der Waals surface area contributed by atoms with Crippen LogP contribution in [0, 0.1) is 0 Å². The molecule has 1 radical (unpaired) electrons. The molecule has 3 nitrogen and oxygen atoms in total. The molecule has 1 aliphatic rings. The van der Waals surface area contributed by atoms with Crippen LogP contribution < -0.4 is 10.3 Å². The van der Waals surface area contributed by atoms with E-state index in [4.69, 9.17) is 16.4 Å². The molecular formula is C7H4ClN2O. The molecule has 0 aromatic heterocycles. The van der Waals surface area contributed by atoms with Gasteiger partial charge < -0.3 is 4.84 Å². The third kappa shape index (κ3) is 1.14. The summed E-state index contributed by atoms with van der Waals surface area (Å²) in [6.07, 6.45) is 1.36. The molecule has 0 N–H and O–H groups in total. The van der Waals surface area contributed by atoms with E-state index in [9.17, 15) is 0 Å². The molecule has 11 heavy (non-hydrogen) atoms. The molecule has 0 amide bonds. The monoisotopic (exact) mass is 167 g/mol. The van der Waals surface area contributed by atoms with Gasteiger partial charge in [0.25, 0.3) is 0 Å². The van der Waals surface area contributed by atoms with Crippen LogP contribution in [0.4, 0.5) is 5.69 Å². The molecule has 0 saturated carbocycles. The number of nitrogens with zero attached hydrogens (tertiary/aromatic N) is 2. The van der Waals surface area contributed by atoms with Gasteiger partial charge in [-0.1, -0.05) is 17.1 Å². The van der Waals surface area contributed by atoms with E-state index in [1.165, 1.54) is 6.34 Å². The highest BCUT2D eigenvalue weighted by Gasteiger charge is 2.07. The summed E-state index contributed by atoms with van der Waals surface area (Å²) in [5.41, 5.74) is 4.26. The fourth-order valence-electron chi connectivity index (χ4n) is 0.834. The van der Waals surface area contributed by atoms with E-state index < -0.39 is 0 Å². The zero-order valence-corrected chi connectivity index (χ0v) is 6.25. The first-order chi connectivity index (χ1) is 5.36. The normalized spacial score (nSPS) is 13.2. The predicted molar refractivity (Wildman–Crippen MR) is 42.4 cm³/mol. The maximum atomic E-state index is 5.70. The van der Waals surface area contributed by atoms with Gasteiger partial charge in [0, 0.05) is 11.1 Å². The molecule has 2 rings (SSSR count). The molecule has 0 aliphatic carbocycles. The molecule has 0 bridgehead atoms. The average molecular weight is 168 g/mol. The van der Waals surface area contributed by atoms with Crippen molar-refractivity contribution >= 4 is 23.6 Å². The first-order valence-electron chi connectivity index (χ1n) is 3.05. The molecule has 1 heterocycles. The van der Waals surface area contributed by atoms with Gasteiger partial charge in [0.1, 0.15) is 5.69 Å². The Balaban J connectivity index is 2.53. The van der Waals surface area contributed by atoms with Gasteiger partial charge in [-0.3, -0.25) is 0 Å². The molecule has 1 aromatic rings. The van der Waals surface area contributed by atoms with E-state index in [0.29, 0.717) is 10.8 Å². The van der Waals surface area contributed by atoms with Gasteiger partial charge in [-0.15, -0.1) is 0 Å². The van der Waals surface area contributed by atoms with E-state index in [2.05, 4.69) is 10.5 Å². The Hall–Kier alpha value is -1.22. The maximum absolute atomic E-state index is 5.70. The van der Waals surface area contributed by atoms with Crippen LogP contribution >= 0.6 is 11.6 Å². The van der Waals surface area contributed by atoms with Gasteiger partial charge in [0.2, 0.25) is 0 Å². The lowest BCUT2D eigenvalue weighted by Gasteiger charge is -2.08. The summed E-state index contributed by atoms with van der Waals surface area (Å²) in [5.74, 6) is 0.597. The minimum atomic E-state index is 0.597. The molecule has 1 aliphatic heterocycles. The van der Waals surface area contributed by atoms with Crippen LogP contribution in [-0.4, -0.2) is 6.34 Å². The van der Waals surface area contributed by atoms with Gasteiger partial charge in [-0.05, 0) is 12.1 Å². The second kappa shape index (κ2) is 2.43. The molecule has 0 atom stereocenters. The smallest absolute Gasteiger partial charge is 0.185 e. The number of benzene rings is 1. The Morgan fingerprint density at radius 3 is 3.18 bits per heavy atom. The Morgan fingerprint density at radius 2 is 2.27 bits per heavy atom. The van der Waals surface area contributed by atoms with E-state index in [-0.39, 0.29) is 0 Å². The van der Waals surface area contributed by atoms with Crippen molar-refractivity contribution < 1.29 is 4.84 Å². The highest BCUT2D eigenvalue weighted by Crippen LogP contribution is 2.31.